The number of halogens is 1. The van der Waals surface area contributed by atoms with Crippen LogP contribution in [-0.4, -0.2) is 68.1 Å². The second kappa shape index (κ2) is 10.7. The van der Waals surface area contributed by atoms with Crippen molar-refractivity contribution in [1.82, 2.24) is 29.6 Å². The SMILES string of the molecule is CCc1cc(N2CCN(CCCSc3nnc(C4CC4)n3C)CC2)nc(C(C)(C)C)n1.Cl. The predicted molar refractivity (Wildman–Crippen MR) is 134 cm³/mol. The lowest BCUT2D eigenvalue weighted by molar-refractivity contribution is 0.258. The molecule has 4 rings (SSSR count). The number of rotatable bonds is 8. The molecule has 1 saturated heterocycles. The van der Waals surface area contributed by atoms with E-state index in [1.807, 2.05) is 11.8 Å². The average molecular weight is 480 g/mol. The largest absolute Gasteiger partial charge is 0.354 e. The number of piperazine rings is 1. The van der Waals surface area contributed by atoms with Gasteiger partial charge in [-0.05, 0) is 32.2 Å². The van der Waals surface area contributed by atoms with E-state index in [0.717, 1.165) is 67.4 Å². The van der Waals surface area contributed by atoms with Crippen molar-refractivity contribution in [1.29, 1.82) is 0 Å². The van der Waals surface area contributed by atoms with Crippen LogP contribution in [0.5, 0.6) is 0 Å². The van der Waals surface area contributed by atoms with Gasteiger partial charge in [0, 0.05) is 62.1 Å². The Morgan fingerprint density at radius 1 is 1.06 bits per heavy atom. The van der Waals surface area contributed by atoms with Crippen molar-refractivity contribution in [2.75, 3.05) is 43.4 Å². The van der Waals surface area contributed by atoms with Crippen LogP contribution in [0.2, 0.25) is 0 Å². The van der Waals surface area contributed by atoms with Crippen LogP contribution in [0.3, 0.4) is 0 Å². The Bertz CT molecular complexity index is 883. The van der Waals surface area contributed by atoms with Crippen LogP contribution in [0.25, 0.3) is 0 Å². The highest BCUT2D eigenvalue weighted by Gasteiger charge is 2.29. The van der Waals surface area contributed by atoms with Crippen molar-refractivity contribution in [3.05, 3.63) is 23.4 Å². The lowest BCUT2D eigenvalue weighted by Crippen LogP contribution is -2.47. The highest BCUT2D eigenvalue weighted by molar-refractivity contribution is 7.99. The number of aromatic nitrogens is 5. The molecule has 32 heavy (non-hydrogen) atoms. The first kappa shape index (κ1) is 25.2. The van der Waals surface area contributed by atoms with Gasteiger partial charge < -0.3 is 9.47 Å². The van der Waals surface area contributed by atoms with E-state index in [4.69, 9.17) is 9.97 Å². The monoisotopic (exact) mass is 479 g/mol. The van der Waals surface area contributed by atoms with Gasteiger partial charge in [-0.25, -0.2) is 9.97 Å². The molecule has 1 saturated carbocycles. The standard InChI is InChI=1S/C23H37N7S.ClH/c1-6-18-16-19(25-21(24-18)23(2,3)4)30-13-11-29(12-14-30)10-7-15-31-22-27-26-20(28(22)5)17-8-9-17;/h16-17H,6-15H2,1-5H3;1H. The molecule has 3 heterocycles. The molecule has 9 heteroatoms. The summed E-state index contributed by atoms with van der Waals surface area (Å²) < 4.78 is 2.19. The first-order chi connectivity index (χ1) is 14.8. The first-order valence-electron chi connectivity index (χ1n) is 11.7. The van der Waals surface area contributed by atoms with Crippen LogP contribution in [0, 0.1) is 0 Å². The molecule has 7 nitrogen and oxygen atoms in total. The highest BCUT2D eigenvalue weighted by atomic mass is 35.5. The van der Waals surface area contributed by atoms with Gasteiger partial charge >= 0.3 is 0 Å². The summed E-state index contributed by atoms with van der Waals surface area (Å²) in [6.07, 6.45) is 4.67. The van der Waals surface area contributed by atoms with Crippen LogP contribution in [0.4, 0.5) is 5.82 Å². The van der Waals surface area contributed by atoms with Gasteiger partial charge in [-0.2, -0.15) is 0 Å². The number of nitrogens with zero attached hydrogens (tertiary/aromatic N) is 7. The highest BCUT2D eigenvalue weighted by Crippen LogP contribution is 2.39. The van der Waals surface area contributed by atoms with Crippen molar-refractivity contribution in [3.63, 3.8) is 0 Å². The fourth-order valence-corrected chi connectivity index (χ4v) is 4.80. The van der Waals surface area contributed by atoms with E-state index < -0.39 is 0 Å². The van der Waals surface area contributed by atoms with E-state index in [0.29, 0.717) is 5.92 Å². The summed E-state index contributed by atoms with van der Waals surface area (Å²) in [5.41, 5.74) is 1.12. The Kier molecular flexibility index (Phi) is 8.44. The van der Waals surface area contributed by atoms with Crippen molar-refractivity contribution in [3.8, 4) is 0 Å². The molecule has 2 aromatic heterocycles. The molecule has 0 bridgehead atoms. The van der Waals surface area contributed by atoms with E-state index in [2.05, 4.69) is 65.4 Å². The molecule has 2 aliphatic rings. The fraction of sp³-hybridized carbons (Fsp3) is 0.739. The molecule has 2 aromatic rings. The lowest BCUT2D eigenvalue weighted by atomic mass is 9.95. The minimum absolute atomic E-state index is 0. The Hall–Kier alpha value is -1.38. The Morgan fingerprint density at radius 2 is 1.78 bits per heavy atom. The van der Waals surface area contributed by atoms with Crippen molar-refractivity contribution in [2.45, 2.75) is 69.9 Å². The molecule has 0 atom stereocenters. The molecule has 0 aromatic carbocycles. The number of hydrogen-bond acceptors (Lipinski definition) is 7. The number of aryl methyl sites for hydroxylation is 1. The minimum Gasteiger partial charge on any atom is -0.354 e. The second-order valence-electron chi connectivity index (χ2n) is 9.85. The van der Waals surface area contributed by atoms with Crippen molar-refractivity contribution in [2.24, 2.45) is 7.05 Å². The summed E-state index contributed by atoms with van der Waals surface area (Å²) in [7, 11) is 2.11. The number of anilines is 1. The normalized spacial score (nSPS) is 17.5. The third-order valence-electron chi connectivity index (χ3n) is 6.16. The average Bonchev–Trinajstić information content (AvgIpc) is 3.54. The topological polar surface area (TPSA) is 63.0 Å². The van der Waals surface area contributed by atoms with E-state index in [-0.39, 0.29) is 17.8 Å². The van der Waals surface area contributed by atoms with Crippen LogP contribution >= 0.6 is 24.2 Å². The Balaban J connectivity index is 0.00000289. The second-order valence-corrected chi connectivity index (χ2v) is 10.9. The lowest BCUT2D eigenvalue weighted by Gasteiger charge is -2.36. The van der Waals surface area contributed by atoms with E-state index >= 15 is 0 Å². The molecule has 178 valence electrons. The molecule has 1 aliphatic carbocycles. The van der Waals surface area contributed by atoms with Gasteiger partial charge in [0.05, 0.1) is 0 Å². The third kappa shape index (κ3) is 6.14. The predicted octanol–water partition coefficient (Wildman–Crippen LogP) is 4.07. The van der Waals surface area contributed by atoms with Gasteiger partial charge in [-0.1, -0.05) is 39.5 Å². The molecule has 0 spiro atoms. The molecular weight excluding hydrogens is 442 g/mol. The molecule has 0 N–H and O–H groups in total. The summed E-state index contributed by atoms with van der Waals surface area (Å²) in [6.45, 7) is 14.1. The quantitative estimate of drug-likeness (QED) is 0.417. The maximum Gasteiger partial charge on any atom is 0.190 e. The zero-order valence-electron chi connectivity index (χ0n) is 20.2. The van der Waals surface area contributed by atoms with Crippen molar-refractivity contribution < 1.29 is 0 Å². The van der Waals surface area contributed by atoms with Gasteiger partial charge in [0.1, 0.15) is 17.5 Å². The first-order valence-corrected chi connectivity index (χ1v) is 12.7. The molecule has 0 amide bonds. The van der Waals surface area contributed by atoms with Crippen LogP contribution < -0.4 is 4.90 Å². The molecular formula is C23H38ClN7S. The summed E-state index contributed by atoms with van der Waals surface area (Å²) in [4.78, 5) is 14.7. The fourth-order valence-electron chi connectivity index (χ4n) is 3.96. The van der Waals surface area contributed by atoms with Crippen LogP contribution in [0.1, 0.15) is 70.2 Å². The zero-order valence-corrected chi connectivity index (χ0v) is 21.8. The smallest absolute Gasteiger partial charge is 0.190 e. The van der Waals surface area contributed by atoms with Gasteiger partial charge in [-0.3, -0.25) is 4.90 Å². The zero-order chi connectivity index (χ0) is 22.0. The van der Waals surface area contributed by atoms with Gasteiger partial charge in [0.25, 0.3) is 0 Å². The molecule has 1 aliphatic heterocycles. The van der Waals surface area contributed by atoms with Gasteiger partial charge in [0.2, 0.25) is 0 Å². The van der Waals surface area contributed by atoms with E-state index in [9.17, 15) is 0 Å². The molecule has 2 fully saturated rings. The van der Waals surface area contributed by atoms with Gasteiger partial charge in [-0.15, -0.1) is 22.6 Å². The van der Waals surface area contributed by atoms with E-state index in [1.165, 1.54) is 25.1 Å². The summed E-state index contributed by atoms with van der Waals surface area (Å²) >= 11 is 1.84. The number of thioether (sulfide) groups is 1. The summed E-state index contributed by atoms with van der Waals surface area (Å²) in [6, 6.07) is 2.18. The summed E-state index contributed by atoms with van der Waals surface area (Å²) in [5, 5.41) is 9.84. The maximum atomic E-state index is 4.92. The summed E-state index contributed by atoms with van der Waals surface area (Å²) in [5.74, 6) is 4.98. The molecule has 0 unspecified atom stereocenters. The number of hydrogen-bond donors (Lipinski definition) is 0. The Labute approximate surface area is 203 Å². The van der Waals surface area contributed by atoms with Crippen molar-refractivity contribution >= 4 is 30.0 Å². The van der Waals surface area contributed by atoms with Gasteiger partial charge in [0.15, 0.2) is 5.16 Å². The Morgan fingerprint density at radius 3 is 2.41 bits per heavy atom. The minimum atomic E-state index is -0.0262. The van der Waals surface area contributed by atoms with Crippen LogP contribution in [0.15, 0.2) is 11.2 Å². The third-order valence-corrected chi connectivity index (χ3v) is 7.26. The van der Waals surface area contributed by atoms with E-state index in [1.54, 1.807) is 0 Å². The molecule has 0 radical (unpaired) electrons. The van der Waals surface area contributed by atoms with Crippen LogP contribution in [-0.2, 0) is 18.9 Å². The maximum absolute atomic E-state index is 4.92.